The Morgan fingerprint density at radius 3 is 1.81 bits per heavy atom. The summed E-state index contributed by atoms with van der Waals surface area (Å²) in [5.41, 5.74) is 17.2. The molecule has 0 bridgehead atoms. The van der Waals surface area contributed by atoms with Crippen LogP contribution in [-0.2, 0) is 12.0 Å². The summed E-state index contributed by atoms with van der Waals surface area (Å²) >= 11 is 0. The first-order valence-electron chi connectivity index (χ1n) is 20.3. The molecule has 3 nitrogen and oxygen atoms in total. The van der Waals surface area contributed by atoms with E-state index < -0.39 is 0 Å². The molecule has 58 heavy (non-hydrogen) atoms. The number of allylic oxidation sites excluding steroid dienone is 5. The van der Waals surface area contributed by atoms with Crippen molar-refractivity contribution in [3.8, 4) is 27.9 Å². The topological polar surface area (TPSA) is 28.4 Å². The lowest BCUT2D eigenvalue weighted by molar-refractivity contribution is 0.282. The van der Waals surface area contributed by atoms with Crippen molar-refractivity contribution in [3.63, 3.8) is 0 Å². The smallest absolute Gasteiger partial charge is 0.0681 e. The van der Waals surface area contributed by atoms with E-state index in [1.54, 1.807) is 0 Å². The molecule has 9 rings (SSSR count). The van der Waals surface area contributed by atoms with Gasteiger partial charge in [0, 0.05) is 38.9 Å². The van der Waals surface area contributed by atoms with Crippen molar-refractivity contribution in [2.75, 3.05) is 4.90 Å². The van der Waals surface area contributed by atoms with Crippen molar-refractivity contribution in [1.29, 1.82) is 0 Å². The zero-order valence-corrected chi connectivity index (χ0v) is 34.1. The van der Waals surface area contributed by atoms with Crippen LogP contribution in [0.5, 0.6) is 0 Å². The molecule has 0 amide bonds. The zero-order chi connectivity index (χ0) is 40.4. The van der Waals surface area contributed by atoms with Gasteiger partial charge in [0.25, 0.3) is 0 Å². The molecule has 0 fully saturated rings. The van der Waals surface area contributed by atoms with Crippen LogP contribution in [0.3, 0.4) is 0 Å². The van der Waals surface area contributed by atoms with Crippen molar-refractivity contribution >= 4 is 44.4 Å². The number of benzene rings is 7. The molecule has 0 aliphatic heterocycles. The maximum absolute atomic E-state index is 9.63. The second-order valence-corrected chi connectivity index (χ2v) is 15.1. The standard InChI is InChI=1S/C53H44N2O.C2H6/c1-5-12-45-46-31-30-44(34-50(46)53(3,4)49(45)6-2)54(41-26-19-38(20-27-41)37-13-8-7-9-14-37)42-28-21-39(22-29-42)40-23-32-52-48(33-40)47-15-10-11-16-51(47)55(52)43-24-17-36(35-56)18-25-43;1-2/h5-34,56H,2,35H2,1,3-4H3;1-2H3/b12-5-;. The fourth-order valence-corrected chi connectivity index (χ4v) is 8.63. The van der Waals surface area contributed by atoms with E-state index in [0.29, 0.717) is 0 Å². The Bertz CT molecular complexity index is 2800. The third-order valence-electron chi connectivity index (χ3n) is 11.5. The van der Waals surface area contributed by atoms with E-state index in [1.807, 2.05) is 32.1 Å². The van der Waals surface area contributed by atoms with Crippen LogP contribution in [0.4, 0.5) is 17.1 Å². The summed E-state index contributed by atoms with van der Waals surface area (Å²) in [6.45, 7) is 14.9. The highest BCUT2D eigenvalue weighted by Crippen LogP contribution is 2.49. The molecule has 0 radical (unpaired) electrons. The van der Waals surface area contributed by atoms with Crippen LogP contribution >= 0.6 is 0 Å². The minimum Gasteiger partial charge on any atom is -0.392 e. The molecule has 286 valence electrons. The number of fused-ring (bicyclic) bond motifs is 4. The third kappa shape index (κ3) is 6.68. The first-order chi connectivity index (χ1) is 28.4. The predicted octanol–water partition coefficient (Wildman–Crippen LogP) is 14.9. The van der Waals surface area contributed by atoms with Gasteiger partial charge in [0.05, 0.1) is 17.6 Å². The molecule has 0 saturated heterocycles. The number of aliphatic hydroxyl groups is 1. The molecule has 1 aliphatic carbocycles. The molecule has 1 aromatic heterocycles. The van der Waals surface area contributed by atoms with E-state index in [2.05, 4.69) is 201 Å². The number of rotatable bonds is 9. The van der Waals surface area contributed by atoms with Crippen LogP contribution in [0.15, 0.2) is 194 Å². The largest absolute Gasteiger partial charge is 0.392 e. The second kappa shape index (κ2) is 16.1. The fourth-order valence-electron chi connectivity index (χ4n) is 8.63. The van der Waals surface area contributed by atoms with Gasteiger partial charge in [-0.3, -0.25) is 0 Å². The molecule has 7 aromatic carbocycles. The average molecular weight is 755 g/mol. The normalized spacial score (nSPS) is 13.1. The molecule has 1 aliphatic rings. The van der Waals surface area contributed by atoms with Gasteiger partial charge in [-0.15, -0.1) is 0 Å². The molecular weight excluding hydrogens is 705 g/mol. The van der Waals surface area contributed by atoms with E-state index in [0.717, 1.165) is 44.9 Å². The van der Waals surface area contributed by atoms with Crippen LogP contribution in [0.25, 0.3) is 55.3 Å². The average Bonchev–Trinajstić information content (AvgIpc) is 3.72. The van der Waals surface area contributed by atoms with Crippen LogP contribution in [-0.4, -0.2) is 9.67 Å². The van der Waals surface area contributed by atoms with Crippen molar-refractivity contribution in [1.82, 2.24) is 4.57 Å². The number of aromatic nitrogens is 1. The van der Waals surface area contributed by atoms with Gasteiger partial charge in [-0.1, -0.05) is 150 Å². The lowest BCUT2D eigenvalue weighted by atomic mass is 9.81. The lowest BCUT2D eigenvalue weighted by Crippen LogP contribution is -2.17. The van der Waals surface area contributed by atoms with Crippen molar-refractivity contribution in [2.24, 2.45) is 0 Å². The Balaban J connectivity index is 0.00000231. The maximum atomic E-state index is 9.63. The van der Waals surface area contributed by atoms with Gasteiger partial charge < -0.3 is 14.6 Å². The Morgan fingerprint density at radius 2 is 1.17 bits per heavy atom. The van der Waals surface area contributed by atoms with Crippen LogP contribution in [0, 0.1) is 0 Å². The van der Waals surface area contributed by atoms with E-state index in [1.165, 1.54) is 49.7 Å². The first kappa shape index (κ1) is 38.2. The Kier molecular flexibility index (Phi) is 10.6. The number of aliphatic hydroxyl groups excluding tert-OH is 1. The second-order valence-electron chi connectivity index (χ2n) is 15.1. The molecule has 1 N–H and O–H groups in total. The third-order valence-corrected chi connectivity index (χ3v) is 11.5. The van der Waals surface area contributed by atoms with Crippen molar-refractivity contribution in [2.45, 2.75) is 46.6 Å². The van der Waals surface area contributed by atoms with E-state index in [-0.39, 0.29) is 12.0 Å². The highest BCUT2D eigenvalue weighted by Gasteiger charge is 2.36. The Labute approximate surface area is 343 Å². The number of hydrogen-bond donors (Lipinski definition) is 1. The highest BCUT2D eigenvalue weighted by molar-refractivity contribution is 6.10. The summed E-state index contributed by atoms with van der Waals surface area (Å²) < 4.78 is 2.31. The summed E-state index contributed by atoms with van der Waals surface area (Å²) in [7, 11) is 0. The summed E-state index contributed by atoms with van der Waals surface area (Å²) in [6.07, 6.45) is 6.36. The Morgan fingerprint density at radius 1 is 0.603 bits per heavy atom. The van der Waals surface area contributed by atoms with Crippen LogP contribution in [0.2, 0.25) is 0 Å². The summed E-state index contributed by atoms with van der Waals surface area (Å²) in [4.78, 5) is 2.37. The highest BCUT2D eigenvalue weighted by atomic mass is 16.3. The maximum Gasteiger partial charge on any atom is 0.0681 e. The van der Waals surface area contributed by atoms with E-state index in [9.17, 15) is 5.11 Å². The van der Waals surface area contributed by atoms with Gasteiger partial charge in [-0.05, 0) is 124 Å². The predicted molar refractivity (Wildman–Crippen MR) is 249 cm³/mol. The number of hydrogen-bond acceptors (Lipinski definition) is 2. The Hall–Kier alpha value is -6.68. The van der Waals surface area contributed by atoms with Gasteiger partial charge in [-0.2, -0.15) is 0 Å². The molecule has 8 aromatic rings. The summed E-state index contributed by atoms with van der Waals surface area (Å²) in [5.74, 6) is 0. The number of anilines is 3. The zero-order valence-electron chi connectivity index (χ0n) is 34.1. The summed E-state index contributed by atoms with van der Waals surface area (Å²) in [6, 6.07) is 58.9. The van der Waals surface area contributed by atoms with Gasteiger partial charge in [0.1, 0.15) is 0 Å². The quantitative estimate of drug-likeness (QED) is 0.159. The first-order valence-corrected chi connectivity index (χ1v) is 20.3. The van der Waals surface area contributed by atoms with Crippen molar-refractivity contribution < 1.29 is 5.11 Å². The fraction of sp³-hybridized carbons (Fsp3) is 0.127. The lowest BCUT2D eigenvalue weighted by Gasteiger charge is -2.29. The van der Waals surface area contributed by atoms with Gasteiger partial charge >= 0.3 is 0 Å². The molecular formula is C55H50N2O. The van der Waals surface area contributed by atoms with Gasteiger partial charge in [-0.25, -0.2) is 0 Å². The molecule has 0 atom stereocenters. The summed E-state index contributed by atoms with van der Waals surface area (Å²) in [5, 5.41) is 12.1. The molecule has 0 unspecified atom stereocenters. The molecule has 0 saturated carbocycles. The molecule has 0 spiro atoms. The molecule has 1 heterocycles. The number of nitrogens with zero attached hydrogens (tertiary/aromatic N) is 2. The van der Waals surface area contributed by atoms with Gasteiger partial charge in [0.2, 0.25) is 0 Å². The van der Waals surface area contributed by atoms with Crippen LogP contribution < -0.4 is 4.90 Å². The monoisotopic (exact) mass is 754 g/mol. The van der Waals surface area contributed by atoms with E-state index >= 15 is 0 Å². The van der Waals surface area contributed by atoms with E-state index in [4.69, 9.17) is 0 Å². The minimum atomic E-state index is -0.181. The van der Waals surface area contributed by atoms with Crippen LogP contribution in [0.1, 0.15) is 51.3 Å². The minimum absolute atomic E-state index is 0.0329. The van der Waals surface area contributed by atoms with Gasteiger partial charge in [0.15, 0.2) is 0 Å². The van der Waals surface area contributed by atoms with Crippen molar-refractivity contribution in [3.05, 3.63) is 211 Å². The SMILES string of the molecule is C=CC1=C(/C=C\C)c2ccc(N(c3ccc(-c4ccccc4)cc3)c3ccc(-c4ccc5c(c4)c4ccccc4n5-c4ccc(CO)cc4)cc3)cc2C1(C)C.CC. The molecule has 3 heteroatoms. The number of para-hydroxylation sites is 1.